The summed E-state index contributed by atoms with van der Waals surface area (Å²) in [5, 5.41) is 3.07. The lowest BCUT2D eigenvalue weighted by Crippen LogP contribution is -2.36. The van der Waals surface area contributed by atoms with Crippen LogP contribution in [0.5, 0.6) is 0 Å². The summed E-state index contributed by atoms with van der Waals surface area (Å²) in [7, 11) is 1.33. The van der Waals surface area contributed by atoms with Gasteiger partial charge in [-0.05, 0) is 42.7 Å². The van der Waals surface area contributed by atoms with Gasteiger partial charge < -0.3 is 14.8 Å². The van der Waals surface area contributed by atoms with Gasteiger partial charge in [-0.25, -0.2) is 4.79 Å². The van der Waals surface area contributed by atoms with Crippen LogP contribution in [0.4, 0.5) is 0 Å². The highest BCUT2D eigenvalue weighted by molar-refractivity contribution is 5.96. The highest BCUT2D eigenvalue weighted by Crippen LogP contribution is 2.27. The summed E-state index contributed by atoms with van der Waals surface area (Å²) < 4.78 is 10.5. The maximum absolute atomic E-state index is 12.7. The monoisotopic (exact) mass is 339 g/mol. The Bertz CT molecular complexity index is 721. The van der Waals surface area contributed by atoms with Crippen molar-refractivity contribution in [1.82, 2.24) is 5.32 Å². The van der Waals surface area contributed by atoms with Gasteiger partial charge in [0.05, 0.1) is 24.8 Å². The standard InChI is InChI=1S/C20H21NO4/c1-24-20(23)16-11-9-15(10-12-16)19(22)21-18(17-8-5-13-25-17)14-6-3-2-4-7-14/h2-4,6-7,9-12,17-18H,5,8,13H2,1H3,(H,21,22). The van der Waals surface area contributed by atoms with Gasteiger partial charge in [-0.1, -0.05) is 30.3 Å². The molecule has 2 unspecified atom stereocenters. The third-order valence-electron chi connectivity index (χ3n) is 4.35. The smallest absolute Gasteiger partial charge is 0.337 e. The van der Waals surface area contributed by atoms with E-state index in [2.05, 4.69) is 10.1 Å². The first-order valence-corrected chi connectivity index (χ1v) is 8.35. The van der Waals surface area contributed by atoms with Crippen LogP contribution in [0.25, 0.3) is 0 Å². The summed E-state index contributed by atoms with van der Waals surface area (Å²) in [5.41, 5.74) is 1.93. The number of amides is 1. The molecule has 1 amide bonds. The van der Waals surface area contributed by atoms with Crippen LogP contribution >= 0.6 is 0 Å². The molecule has 5 heteroatoms. The summed E-state index contributed by atoms with van der Waals surface area (Å²) in [4.78, 5) is 24.1. The molecule has 0 bridgehead atoms. The predicted molar refractivity (Wildman–Crippen MR) is 93.4 cm³/mol. The minimum atomic E-state index is -0.423. The lowest BCUT2D eigenvalue weighted by Gasteiger charge is -2.24. The number of rotatable bonds is 5. The Morgan fingerprint density at radius 3 is 2.36 bits per heavy atom. The molecule has 2 atom stereocenters. The zero-order valence-corrected chi connectivity index (χ0v) is 14.1. The van der Waals surface area contributed by atoms with E-state index in [1.165, 1.54) is 7.11 Å². The van der Waals surface area contributed by atoms with E-state index in [0.717, 1.165) is 25.0 Å². The molecule has 0 radical (unpaired) electrons. The highest BCUT2D eigenvalue weighted by atomic mass is 16.5. The van der Waals surface area contributed by atoms with Crippen LogP contribution in [0.15, 0.2) is 54.6 Å². The number of carbonyl (C=O) groups is 2. The van der Waals surface area contributed by atoms with Crippen LogP contribution in [-0.4, -0.2) is 31.7 Å². The number of nitrogens with one attached hydrogen (secondary N) is 1. The van der Waals surface area contributed by atoms with Crippen LogP contribution in [0.3, 0.4) is 0 Å². The first kappa shape index (κ1) is 17.2. The Labute approximate surface area is 147 Å². The van der Waals surface area contributed by atoms with E-state index >= 15 is 0 Å². The van der Waals surface area contributed by atoms with Crippen LogP contribution in [0, 0.1) is 0 Å². The van der Waals surface area contributed by atoms with Crippen LogP contribution < -0.4 is 5.32 Å². The molecular weight excluding hydrogens is 318 g/mol. The minimum absolute atomic E-state index is 0.0271. The van der Waals surface area contributed by atoms with Crippen molar-refractivity contribution in [2.24, 2.45) is 0 Å². The number of methoxy groups -OCH3 is 1. The zero-order chi connectivity index (χ0) is 17.6. The number of hydrogen-bond acceptors (Lipinski definition) is 4. The van der Waals surface area contributed by atoms with E-state index < -0.39 is 5.97 Å². The van der Waals surface area contributed by atoms with Gasteiger partial charge in [0.1, 0.15) is 0 Å². The normalized spacial score (nSPS) is 17.7. The van der Waals surface area contributed by atoms with E-state index in [1.807, 2.05) is 30.3 Å². The average Bonchev–Trinajstić information content (AvgIpc) is 3.20. The molecule has 0 aromatic heterocycles. The number of carbonyl (C=O) groups excluding carboxylic acids is 2. The summed E-state index contributed by atoms with van der Waals surface area (Å²) in [6.45, 7) is 0.720. The molecule has 0 saturated carbocycles. The van der Waals surface area contributed by atoms with Gasteiger partial charge >= 0.3 is 5.97 Å². The van der Waals surface area contributed by atoms with Crippen molar-refractivity contribution < 1.29 is 19.1 Å². The fourth-order valence-corrected chi connectivity index (χ4v) is 3.02. The third kappa shape index (κ3) is 4.06. The third-order valence-corrected chi connectivity index (χ3v) is 4.35. The van der Waals surface area contributed by atoms with Gasteiger partial charge in [-0.2, -0.15) is 0 Å². The number of hydrogen-bond donors (Lipinski definition) is 1. The zero-order valence-electron chi connectivity index (χ0n) is 14.1. The molecule has 1 fully saturated rings. The van der Waals surface area contributed by atoms with E-state index in [-0.39, 0.29) is 18.1 Å². The molecule has 0 spiro atoms. The fraction of sp³-hybridized carbons (Fsp3) is 0.300. The molecule has 2 aromatic carbocycles. The Morgan fingerprint density at radius 1 is 1.08 bits per heavy atom. The predicted octanol–water partition coefficient (Wildman–Crippen LogP) is 3.12. The minimum Gasteiger partial charge on any atom is -0.465 e. The van der Waals surface area contributed by atoms with E-state index in [9.17, 15) is 9.59 Å². The Hall–Kier alpha value is -2.66. The Morgan fingerprint density at radius 2 is 1.76 bits per heavy atom. The topological polar surface area (TPSA) is 64.6 Å². The number of esters is 1. The molecule has 2 aromatic rings. The van der Waals surface area contributed by atoms with Crippen LogP contribution in [-0.2, 0) is 9.47 Å². The fourth-order valence-electron chi connectivity index (χ4n) is 3.02. The molecule has 0 aliphatic carbocycles. The van der Waals surface area contributed by atoms with Gasteiger partial charge in [0.2, 0.25) is 0 Å². The molecular formula is C20H21NO4. The lowest BCUT2D eigenvalue weighted by molar-refractivity contribution is 0.0600. The van der Waals surface area contributed by atoms with Crippen molar-refractivity contribution >= 4 is 11.9 Å². The summed E-state index contributed by atoms with van der Waals surface area (Å²) >= 11 is 0. The maximum atomic E-state index is 12.7. The van der Waals surface area contributed by atoms with Gasteiger partial charge in [0, 0.05) is 12.2 Å². The van der Waals surface area contributed by atoms with E-state index in [1.54, 1.807) is 24.3 Å². The van der Waals surface area contributed by atoms with Crippen molar-refractivity contribution in [2.75, 3.05) is 13.7 Å². The van der Waals surface area contributed by atoms with Crippen LogP contribution in [0.1, 0.15) is 45.2 Å². The first-order valence-electron chi connectivity index (χ1n) is 8.35. The quantitative estimate of drug-likeness (QED) is 0.850. The second-order valence-corrected chi connectivity index (χ2v) is 5.98. The number of benzene rings is 2. The molecule has 1 aliphatic rings. The second kappa shape index (κ2) is 7.94. The maximum Gasteiger partial charge on any atom is 0.337 e. The van der Waals surface area contributed by atoms with Crippen LogP contribution in [0.2, 0.25) is 0 Å². The van der Waals surface area contributed by atoms with E-state index in [4.69, 9.17) is 4.74 Å². The SMILES string of the molecule is COC(=O)c1ccc(C(=O)NC(c2ccccc2)C2CCCO2)cc1. The summed E-state index contributed by atoms with van der Waals surface area (Å²) in [5.74, 6) is -0.616. The molecule has 130 valence electrons. The average molecular weight is 339 g/mol. The summed E-state index contributed by atoms with van der Waals surface area (Å²) in [6.07, 6.45) is 1.89. The molecule has 1 heterocycles. The molecule has 3 rings (SSSR count). The molecule has 25 heavy (non-hydrogen) atoms. The van der Waals surface area contributed by atoms with Gasteiger partial charge in [0.15, 0.2) is 0 Å². The molecule has 5 nitrogen and oxygen atoms in total. The number of ether oxygens (including phenoxy) is 2. The van der Waals surface area contributed by atoms with Crippen molar-refractivity contribution in [3.8, 4) is 0 Å². The van der Waals surface area contributed by atoms with Gasteiger partial charge in [-0.15, -0.1) is 0 Å². The van der Waals surface area contributed by atoms with Crippen molar-refractivity contribution in [3.63, 3.8) is 0 Å². The molecule has 1 saturated heterocycles. The molecule has 1 N–H and O–H groups in total. The first-order chi connectivity index (χ1) is 12.2. The largest absolute Gasteiger partial charge is 0.465 e. The summed E-state index contributed by atoms with van der Waals surface area (Å²) in [6, 6.07) is 16.1. The highest BCUT2D eigenvalue weighted by Gasteiger charge is 2.28. The van der Waals surface area contributed by atoms with Crippen molar-refractivity contribution in [3.05, 3.63) is 71.3 Å². The Balaban J connectivity index is 1.77. The van der Waals surface area contributed by atoms with Crippen molar-refractivity contribution in [2.45, 2.75) is 25.0 Å². The molecule has 1 aliphatic heterocycles. The lowest BCUT2D eigenvalue weighted by atomic mass is 9.98. The Kier molecular flexibility index (Phi) is 5.46. The second-order valence-electron chi connectivity index (χ2n) is 5.98. The van der Waals surface area contributed by atoms with Gasteiger partial charge in [-0.3, -0.25) is 4.79 Å². The van der Waals surface area contributed by atoms with E-state index in [0.29, 0.717) is 11.1 Å². The van der Waals surface area contributed by atoms with Crippen molar-refractivity contribution in [1.29, 1.82) is 0 Å². The van der Waals surface area contributed by atoms with Gasteiger partial charge in [0.25, 0.3) is 5.91 Å².